The van der Waals surface area contributed by atoms with Crippen molar-refractivity contribution in [2.75, 3.05) is 23.3 Å². The van der Waals surface area contributed by atoms with E-state index in [-0.39, 0.29) is 30.7 Å². The summed E-state index contributed by atoms with van der Waals surface area (Å²) >= 11 is 0. The minimum absolute atomic E-state index is 0.131. The Balaban J connectivity index is 1.45. The molecule has 0 aliphatic carbocycles. The number of carbonyl (C=O) groups is 1. The van der Waals surface area contributed by atoms with Gasteiger partial charge in [0.15, 0.2) is 11.6 Å². The van der Waals surface area contributed by atoms with Gasteiger partial charge in [-0.2, -0.15) is 13.2 Å². The van der Waals surface area contributed by atoms with Gasteiger partial charge >= 0.3 is 6.18 Å². The smallest absolute Gasteiger partial charge is 0.419 e. The Morgan fingerprint density at radius 3 is 2.64 bits per heavy atom. The summed E-state index contributed by atoms with van der Waals surface area (Å²) in [6.45, 7) is 0.800. The standard InChI is InChI=1S/C23H22F3N5O2/c24-23(25,26)18-5-1-10-29-21(18)31-13-3-4-17(14-31)22(32)30-20-19(6-2-9-28-20)33-15-16-7-11-27-12-8-16/h1-2,5-12,17H,3-4,13-15H2,(H,28,30,32). The predicted octanol–water partition coefficient (Wildman–Crippen LogP) is 4.32. The number of anilines is 2. The number of amides is 1. The summed E-state index contributed by atoms with van der Waals surface area (Å²) in [5.74, 6) is -0.322. The van der Waals surface area contributed by atoms with E-state index in [0.717, 1.165) is 11.6 Å². The third-order valence-electron chi connectivity index (χ3n) is 5.34. The van der Waals surface area contributed by atoms with Gasteiger partial charge < -0.3 is 15.0 Å². The van der Waals surface area contributed by atoms with Crippen molar-refractivity contribution in [2.45, 2.75) is 25.6 Å². The molecule has 1 aliphatic rings. The molecule has 3 aromatic rings. The molecule has 1 N–H and O–H groups in total. The van der Waals surface area contributed by atoms with Crippen molar-refractivity contribution in [1.82, 2.24) is 15.0 Å². The van der Waals surface area contributed by atoms with Crippen LogP contribution in [0.3, 0.4) is 0 Å². The Hall–Kier alpha value is -3.69. The maximum Gasteiger partial charge on any atom is 0.419 e. The minimum Gasteiger partial charge on any atom is -0.485 e. The van der Waals surface area contributed by atoms with Crippen LogP contribution in [-0.4, -0.2) is 33.9 Å². The number of piperidine rings is 1. The van der Waals surface area contributed by atoms with Gasteiger partial charge in [0.2, 0.25) is 5.91 Å². The maximum atomic E-state index is 13.4. The van der Waals surface area contributed by atoms with Crippen molar-refractivity contribution < 1.29 is 22.7 Å². The fourth-order valence-electron chi connectivity index (χ4n) is 3.71. The molecule has 1 amide bonds. The first-order chi connectivity index (χ1) is 15.9. The summed E-state index contributed by atoms with van der Waals surface area (Å²) in [6, 6.07) is 9.29. The first kappa shape index (κ1) is 22.5. The summed E-state index contributed by atoms with van der Waals surface area (Å²) in [5, 5.41) is 2.78. The van der Waals surface area contributed by atoms with Gasteiger partial charge in [0, 0.05) is 37.9 Å². The second-order valence-electron chi connectivity index (χ2n) is 7.64. The van der Waals surface area contributed by atoms with Crippen molar-refractivity contribution in [3.05, 3.63) is 72.3 Å². The van der Waals surface area contributed by atoms with E-state index >= 15 is 0 Å². The number of aromatic nitrogens is 3. The largest absolute Gasteiger partial charge is 0.485 e. The molecule has 1 fully saturated rings. The molecule has 4 rings (SSSR count). The topological polar surface area (TPSA) is 80.2 Å². The summed E-state index contributed by atoms with van der Waals surface area (Å²) in [7, 11) is 0. The summed E-state index contributed by atoms with van der Waals surface area (Å²) in [5.41, 5.74) is 0.104. The Morgan fingerprint density at radius 2 is 1.85 bits per heavy atom. The van der Waals surface area contributed by atoms with Gasteiger partial charge in [0.1, 0.15) is 12.4 Å². The van der Waals surface area contributed by atoms with Crippen LogP contribution in [-0.2, 0) is 17.6 Å². The first-order valence-electron chi connectivity index (χ1n) is 10.5. The molecule has 0 bridgehead atoms. The van der Waals surface area contributed by atoms with Crippen LogP contribution in [0, 0.1) is 5.92 Å². The normalized spacial score (nSPS) is 16.3. The van der Waals surface area contributed by atoms with Gasteiger partial charge in [-0.25, -0.2) is 9.97 Å². The van der Waals surface area contributed by atoms with E-state index in [1.165, 1.54) is 23.4 Å². The molecule has 0 spiro atoms. The van der Waals surface area contributed by atoms with Crippen molar-refractivity contribution in [2.24, 2.45) is 5.92 Å². The lowest BCUT2D eigenvalue weighted by atomic mass is 9.96. The molecule has 7 nitrogen and oxygen atoms in total. The van der Waals surface area contributed by atoms with Gasteiger partial charge in [-0.3, -0.25) is 9.78 Å². The van der Waals surface area contributed by atoms with Crippen LogP contribution in [0.25, 0.3) is 0 Å². The lowest BCUT2D eigenvalue weighted by molar-refractivity contribution is -0.137. The highest BCUT2D eigenvalue weighted by molar-refractivity contribution is 5.93. The van der Waals surface area contributed by atoms with Crippen LogP contribution in [0.4, 0.5) is 24.8 Å². The monoisotopic (exact) mass is 457 g/mol. The Kier molecular flexibility index (Phi) is 6.71. The molecule has 0 saturated carbocycles. The van der Waals surface area contributed by atoms with Crippen LogP contribution in [0.15, 0.2) is 61.2 Å². The number of hydrogen-bond donors (Lipinski definition) is 1. The molecule has 3 aromatic heterocycles. The summed E-state index contributed by atoms with van der Waals surface area (Å²) < 4.78 is 46.0. The minimum atomic E-state index is -4.52. The van der Waals surface area contributed by atoms with Crippen LogP contribution in [0.2, 0.25) is 0 Å². The zero-order chi connectivity index (χ0) is 23.3. The molecule has 1 saturated heterocycles. The van der Waals surface area contributed by atoms with Crippen molar-refractivity contribution >= 4 is 17.5 Å². The van der Waals surface area contributed by atoms with E-state index in [9.17, 15) is 18.0 Å². The van der Waals surface area contributed by atoms with E-state index in [1.54, 1.807) is 24.5 Å². The predicted molar refractivity (Wildman–Crippen MR) is 116 cm³/mol. The molecule has 0 radical (unpaired) electrons. The third kappa shape index (κ3) is 5.57. The lowest BCUT2D eigenvalue weighted by Crippen LogP contribution is -2.42. The SMILES string of the molecule is O=C(Nc1ncccc1OCc1ccncc1)C1CCCN(c2ncccc2C(F)(F)F)C1. The number of ether oxygens (including phenoxy) is 1. The van der Waals surface area contributed by atoms with Crippen molar-refractivity contribution in [3.8, 4) is 5.75 Å². The average molecular weight is 457 g/mol. The zero-order valence-corrected chi connectivity index (χ0v) is 17.6. The Labute approximate surface area is 188 Å². The van der Waals surface area contributed by atoms with E-state index in [0.29, 0.717) is 25.1 Å². The molecule has 10 heteroatoms. The van der Waals surface area contributed by atoms with Crippen molar-refractivity contribution in [1.29, 1.82) is 0 Å². The van der Waals surface area contributed by atoms with E-state index in [2.05, 4.69) is 20.3 Å². The summed E-state index contributed by atoms with van der Waals surface area (Å²) in [4.78, 5) is 26.6. The number of halogens is 3. The van der Waals surface area contributed by atoms with E-state index in [4.69, 9.17) is 4.74 Å². The average Bonchev–Trinajstić information content (AvgIpc) is 2.84. The van der Waals surface area contributed by atoms with Crippen molar-refractivity contribution in [3.63, 3.8) is 0 Å². The molecular weight excluding hydrogens is 435 g/mol. The number of carbonyl (C=O) groups excluding carboxylic acids is 1. The van der Waals surface area contributed by atoms with E-state index in [1.807, 2.05) is 12.1 Å². The maximum absolute atomic E-state index is 13.4. The molecule has 33 heavy (non-hydrogen) atoms. The molecule has 0 aromatic carbocycles. The number of alkyl halides is 3. The Morgan fingerprint density at radius 1 is 1.09 bits per heavy atom. The quantitative estimate of drug-likeness (QED) is 0.594. The number of nitrogens with zero attached hydrogens (tertiary/aromatic N) is 4. The van der Waals surface area contributed by atoms with Crippen LogP contribution in [0.1, 0.15) is 24.0 Å². The highest BCUT2D eigenvalue weighted by Gasteiger charge is 2.37. The van der Waals surface area contributed by atoms with Gasteiger partial charge in [0.25, 0.3) is 0 Å². The molecule has 1 aliphatic heterocycles. The second-order valence-corrected chi connectivity index (χ2v) is 7.64. The molecule has 1 atom stereocenters. The second kappa shape index (κ2) is 9.85. The lowest BCUT2D eigenvalue weighted by Gasteiger charge is -2.34. The van der Waals surface area contributed by atoms with E-state index < -0.39 is 17.7 Å². The van der Waals surface area contributed by atoms with Gasteiger partial charge in [-0.15, -0.1) is 0 Å². The zero-order valence-electron chi connectivity index (χ0n) is 17.6. The first-order valence-corrected chi connectivity index (χ1v) is 10.5. The third-order valence-corrected chi connectivity index (χ3v) is 5.34. The van der Waals surface area contributed by atoms with Crippen LogP contribution < -0.4 is 15.0 Å². The number of rotatable bonds is 6. The number of hydrogen-bond acceptors (Lipinski definition) is 6. The van der Waals surface area contributed by atoms with Crippen LogP contribution in [0.5, 0.6) is 5.75 Å². The highest BCUT2D eigenvalue weighted by Crippen LogP contribution is 2.36. The molecule has 1 unspecified atom stereocenters. The highest BCUT2D eigenvalue weighted by atomic mass is 19.4. The Bertz CT molecular complexity index is 1090. The van der Waals surface area contributed by atoms with Gasteiger partial charge in [0.05, 0.1) is 11.5 Å². The fraction of sp³-hybridized carbons (Fsp3) is 0.304. The molecule has 4 heterocycles. The van der Waals surface area contributed by atoms with Gasteiger partial charge in [-0.1, -0.05) is 0 Å². The number of pyridine rings is 3. The summed E-state index contributed by atoms with van der Waals surface area (Å²) in [6.07, 6.45) is 2.78. The molecular formula is C23H22F3N5O2. The molecule has 172 valence electrons. The fourth-order valence-corrected chi connectivity index (χ4v) is 3.71. The van der Waals surface area contributed by atoms with Gasteiger partial charge in [-0.05, 0) is 54.8 Å². The van der Waals surface area contributed by atoms with Crippen LogP contribution >= 0.6 is 0 Å². The number of nitrogens with one attached hydrogen (secondary N) is 1.